The number of rotatable bonds is 3. The molecule has 0 saturated carbocycles. The van der Waals surface area contributed by atoms with Crippen molar-refractivity contribution in [2.24, 2.45) is 0 Å². The lowest BCUT2D eigenvalue weighted by Crippen LogP contribution is -2.17. The van der Waals surface area contributed by atoms with E-state index >= 15 is 0 Å². The molecule has 1 amide bonds. The molecule has 2 aromatic carbocycles. The number of carbonyl (C=O) groups excluding carboxylic acids is 1. The van der Waals surface area contributed by atoms with Gasteiger partial charge in [-0.1, -0.05) is 12.1 Å². The number of anilines is 2. The number of methoxy groups -OCH3 is 1. The maximum Gasteiger partial charge on any atom is 0.255 e. The van der Waals surface area contributed by atoms with Gasteiger partial charge in [0.05, 0.1) is 18.5 Å². The van der Waals surface area contributed by atoms with Crippen LogP contribution in [-0.2, 0) is 6.42 Å². The molecule has 0 unspecified atom stereocenters. The first-order valence-electron chi connectivity index (χ1n) is 7.09. The van der Waals surface area contributed by atoms with Crippen molar-refractivity contribution in [1.29, 1.82) is 0 Å². The van der Waals surface area contributed by atoms with Crippen LogP contribution in [0.4, 0.5) is 11.4 Å². The first-order chi connectivity index (χ1) is 10.3. The number of benzene rings is 2. The van der Waals surface area contributed by atoms with Crippen LogP contribution in [0.25, 0.3) is 0 Å². The molecule has 0 atom stereocenters. The summed E-state index contributed by atoms with van der Waals surface area (Å²) in [6, 6.07) is 13.1. The lowest BCUT2D eigenvalue weighted by molar-refractivity contribution is 0.102. The molecule has 1 aliphatic rings. The average Bonchev–Trinajstić information content (AvgIpc) is 2.55. The van der Waals surface area contributed by atoms with Crippen molar-refractivity contribution in [2.75, 3.05) is 24.3 Å². The second-order valence-electron chi connectivity index (χ2n) is 5.05. The highest BCUT2D eigenvalue weighted by atomic mass is 16.5. The Morgan fingerprint density at radius 2 is 2.00 bits per heavy atom. The summed E-state index contributed by atoms with van der Waals surface area (Å²) in [6.45, 7) is 0.947. The summed E-state index contributed by atoms with van der Waals surface area (Å²) >= 11 is 0. The van der Waals surface area contributed by atoms with Crippen LogP contribution in [0.3, 0.4) is 0 Å². The molecular weight excluding hydrogens is 264 g/mol. The van der Waals surface area contributed by atoms with Crippen molar-refractivity contribution in [3.63, 3.8) is 0 Å². The number of hydrogen-bond acceptors (Lipinski definition) is 3. The summed E-state index contributed by atoms with van der Waals surface area (Å²) in [5, 5.41) is 6.35. The Hall–Kier alpha value is -2.49. The van der Waals surface area contributed by atoms with Gasteiger partial charge in [-0.15, -0.1) is 0 Å². The molecule has 0 saturated heterocycles. The Bertz CT molecular complexity index is 650. The Kier molecular flexibility index (Phi) is 3.77. The van der Waals surface area contributed by atoms with Crippen LogP contribution in [0.15, 0.2) is 42.5 Å². The van der Waals surface area contributed by atoms with Gasteiger partial charge in [-0.05, 0) is 48.7 Å². The number of amides is 1. The van der Waals surface area contributed by atoms with Gasteiger partial charge in [-0.3, -0.25) is 4.79 Å². The molecule has 1 heterocycles. The van der Waals surface area contributed by atoms with E-state index in [0.717, 1.165) is 36.5 Å². The molecule has 0 bridgehead atoms. The largest absolute Gasteiger partial charge is 0.497 e. The quantitative estimate of drug-likeness (QED) is 0.908. The summed E-state index contributed by atoms with van der Waals surface area (Å²) in [5.74, 6) is 0.628. The predicted octanol–water partition coefficient (Wildman–Crippen LogP) is 3.31. The first kappa shape index (κ1) is 13.5. The highest BCUT2D eigenvalue weighted by Gasteiger charge is 2.14. The Labute approximate surface area is 124 Å². The van der Waals surface area contributed by atoms with Crippen LogP contribution in [-0.4, -0.2) is 19.6 Å². The van der Waals surface area contributed by atoms with Gasteiger partial charge < -0.3 is 15.4 Å². The standard InChI is InChI=1S/C17H18N2O2/c1-21-14-9-7-13(8-10-14)17(20)19-15-6-2-4-12-5-3-11-18-16(12)15/h2,4,6-10,18H,3,5,11H2,1H3,(H,19,20). The molecule has 0 spiro atoms. The predicted molar refractivity (Wildman–Crippen MR) is 84.2 cm³/mol. The summed E-state index contributed by atoms with van der Waals surface area (Å²) in [5.41, 5.74) is 3.76. The molecule has 2 aromatic rings. The maximum atomic E-state index is 12.3. The van der Waals surface area contributed by atoms with Gasteiger partial charge in [0, 0.05) is 12.1 Å². The smallest absolute Gasteiger partial charge is 0.255 e. The number of carbonyl (C=O) groups is 1. The zero-order valence-corrected chi connectivity index (χ0v) is 12.0. The minimum Gasteiger partial charge on any atom is -0.497 e. The van der Waals surface area contributed by atoms with E-state index in [-0.39, 0.29) is 5.91 Å². The first-order valence-corrected chi connectivity index (χ1v) is 7.09. The third kappa shape index (κ3) is 2.84. The normalized spacial score (nSPS) is 13.0. The second kappa shape index (κ2) is 5.87. The highest BCUT2D eigenvalue weighted by molar-refractivity contribution is 6.06. The Balaban J connectivity index is 1.81. The molecule has 2 N–H and O–H groups in total. The SMILES string of the molecule is COc1ccc(C(=O)Nc2cccc3c2NCCC3)cc1. The fraction of sp³-hybridized carbons (Fsp3) is 0.235. The molecule has 21 heavy (non-hydrogen) atoms. The maximum absolute atomic E-state index is 12.3. The number of hydrogen-bond donors (Lipinski definition) is 2. The van der Waals surface area contributed by atoms with Crippen molar-refractivity contribution in [3.05, 3.63) is 53.6 Å². The molecule has 0 radical (unpaired) electrons. The van der Waals surface area contributed by atoms with Crippen LogP contribution >= 0.6 is 0 Å². The number of ether oxygens (including phenoxy) is 1. The molecule has 4 heteroatoms. The van der Waals surface area contributed by atoms with Crippen molar-refractivity contribution in [2.45, 2.75) is 12.8 Å². The molecule has 108 valence electrons. The lowest BCUT2D eigenvalue weighted by Gasteiger charge is -2.21. The van der Waals surface area contributed by atoms with E-state index in [1.54, 1.807) is 31.4 Å². The summed E-state index contributed by atoms with van der Waals surface area (Å²) in [7, 11) is 1.61. The van der Waals surface area contributed by atoms with Gasteiger partial charge >= 0.3 is 0 Å². The number of aryl methyl sites for hydroxylation is 1. The van der Waals surface area contributed by atoms with Gasteiger partial charge in [0.1, 0.15) is 5.75 Å². The summed E-state index contributed by atoms with van der Waals surface area (Å²) in [6.07, 6.45) is 2.18. The van der Waals surface area contributed by atoms with Crippen LogP contribution in [0, 0.1) is 0 Å². The van der Waals surface area contributed by atoms with Gasteiger partial charge in [-0.25, -0.2) is 0 Å². The van der Waals surface area contributed by atoms with Crippen LogP contribution in [0.2, 0.25) is 0 Å². The molecule has 0 aliphatic carbocycles. The molecule has 0 aromatic heterocycles. The highest BCUT2D eigenvalue weighted by Crippen LogP contribution is 2.30. The van der Waals surface area contributed by atoms with Crippen molar-refractivity contribution in [3.8, 4) is 5.75 Å². The topological polar surface area (TPSA) is 50.4 Å². The van der Waals surface area contributed by atoms with Crippen LogP contribution < -0.4 is 15.4 Å². The van der Waals surface area contributed by atoms with E-state index in [9.17, 15) is 4.79 Å². The minimum absolute atomic E-state index is 0.113. The van der Waals surface area contributed by atoms with Gasteiger partial charge in [0.25, 0.3) is 5.91 Å². The minimum atomic E-state index is -0.113. The molecule has 1 aliphatic heterocycles. The lowest BCUT2D eigenvalue weighted by atomic mass is 10.0. The van der Waals surface area contributed by atoms with E-state index in [1.807, 2.05) is 12.1 Å². The third-order valence-electron chi connectivity index (χ3n) is 3.68. The zero-order chi connectivity index (χ0) is 14.7. The Morgan fingerprint density at radius 3 is 2.76 bits per heavy atom. The fourth-order valence-electron chi connectivity index (χ4n) is 2.55. The molecule has 3 rings (SSSR count). The van der Waals surface area contributed by atoms with E-state index in [1.165, 1.54) is 5.56 Å². The fourth-order valence-corrected chi connectivity index (χ4v) is 2.55. The molecule has 0 fully saturated rings. The van der Waals surface area contributed by atoms with E-state index < -0.39 is 0 Å². The van der Waals surface area contributed by atoms with Crippen molar-refractivity contribution < 1.29 is 9.53 Å². The zero-order valence-electron chi connectivity index (χ0n) is 12.0. The average molecular weight is 282 g/mol. The number of fused-ring (bicyclic) bond motifs is 1. The van der Waals surface area contributed by atoms with E-state index in [0.29, 0.717) is 5.56 Å². The van der Waals surface area contributed by atoms with Gasteiger partial charge in [0.2, 0.25) is 0 Å². The van der Waals surface area contributed by atoms with E-state index in [2.05, 4.69) is 16.7 Å². The molecular formula is C17H18N2O2. The van der Waals surface area contributed by atoms with Crippen molar-refractivity contribution in [1.82, 2.24) is 0 Å². The van der Waals surface area contributed by atoms with Gasteiger partial charge in [-0.2, -0.15) is 0 Å². The summed E-state index contributed by atoms with van der Waals surface area (Å²) in [4.78, 5) is 12.3. The van der Waals surface area contributed by atoms with E-state index in [4.69, 9.17) is 4.74 Å². The third-order valence-corrected chi connectivity index (χ3v) is 3.68. The second-order valence-corrected chi connectivity index (χ2v) is 5.05. The monoisotopic (exact) mass is 282 g/mol. The van der Waals surface area contributed by atoms with Crippen LogP contribution in [0.1, 0.15) is 22.3 Å². The Morgan fingerprint density at radius 1 is 1.19 bits per heavy atom. The van der Waals surface area contributed by atoms with Crippen molar-refractivity contribution >= 4 is 17.3 Å². The number of nitrogens with one attached hydrogen (secondary N) is 2. The molecule has 4 nitrogen and oxygen atoms in total. The van der Waals surface area contributed by atoms with Gasteiger partial charge in [0.15, 0.2) is 0 Å². The summed E-state index contributed by atoms with van der Waals surface area (Å²) < 4.78 is 5.10. The van der Waals surface area contributed by atoms with Crippen LogP contribution in [0.5, 0.6) is 5.75 Å². The number of para-hydroxylation sites is 1.